The lowest BCUT2D eigenvalue weighted by Crippen LogP contribution is -2.53. The number of aliphatic carboxylic acids is 1. The fourth-order valence-corrected chi connectivity index (χ4v) is 10.8. The van der Waals surface area contributed by atoms with E-state index in [4.69, 9.17) is 25.8 Å². The summed E-state index contributed by atoms with van der Waals surface area (Å²) in [7, 11) is 0. The Labute approximate surface area is 344 Å². The van der Waals surface area contributed by atoms with Crippen LogP contribution in [0.4, 0.5) is 18.9 Å². The van der Waals surface area contributed by atoms with E-state index in [1.807, 2.05) is 24.4 Å². The van der Waals surface area contributed by atoms with Crippen molar-refractivity contribution < 1.29 is 37.3 Å². The van der Waals surface area contributed by atoms with E-state index >= 15 is 0 Å². The largest absolute Gasteiger partial charge is 0.493 e. The highest BCUT2D eigenvalue weighted by atomic mass is 35.5. The molecule has 9 nitrogen and oxygen atoms in total. The quantitative estimate of drug-likeness (QED) is 0.197. The van der Waals surface area contributed by atoms with E-state index in [0.717, 1.165) is 49.3 Å². The van der Waals surface area contributed by atoms with Gasteiger partial charge in [0.25, 0.3) is 0 Å². The van der Waals surface area contributed by atoms with Crippen molar-refractivity contribution in [1.82, 2.24) is 14.8 Å². The number of carboxylic acid groups (broad SMARTS) is 1. The monoisotopic (exact) mass is 824 g/mol. The molecular weight excluding hydrogens is 769 g/mol. The number of rotatable bonds is 11. The lowest BCUT2D eigenvalue weighted by Gasteiger charge is -2.47. The van der Waals surface area contributed by atoms with Gasteiger partial charge in [-0.2, -0.15) is 13.2 Å². The molecule has 2 aliphatic heterocycles. The SMILES string of the molecule is C[C@@H](COc1ccnc2c1[C@H](C)CCC2)CC1Cc2cc3c(cc2C12CCC(Nc1cccc(Cl)c1)(C(=O)O)CC2)OCC(CN1CCN(CC(F)(F)F)CC1)CO3. The van der Waals surface area contributed by atoms with Gasteiger partial charge >= 0.3 is 12.1 Å². The Morgan fingerprint density at radius 1 is 1.05 bits per heavy atom. The van der Waals surface area contributed by atoms with E-state index in [2.05, 4.69) is 41.2 Å². The number of carboxylic acids is 1. The van der Waals surface area contributed by atoms with Crippen LogP contribution in [0.15, 0.2) is 48.7 Å². The Balaban J connectivity index is 0.996. The number of anilines is 1. The van der Waals surface area contributed by atoms with Crippen LogP contribution in [0, 0.1) is 17.8 Å². The van der Waals surface area contributed by atoms with Gasteiger partial charge in [-0.25, -0.2) is 4.79 Å². The van der Waals surface area contributed by atoms with Gasteiger partial charge in [-0.3, -0.25) is 9.88 Å². The Bertz CT molecular complexity index is 1950. The molecule has 2 fully saturated rings. The molecular formula is C45H56ClF3N4O5. The Hall–Kier alpha value is -3.74. The number of pyridine rings is 1. The van der Waals surface area contributed by atoms with E-state index < -0.39 is 24.2 Å². The van der Waals surface area contributed by atoms with Crippen LogP contribution in [-0.2, 0) is 23.1 Å². The first-order valence-electron chi connectivity index (χ1n) is 21.1. The highest BCUT2D eigenvalue weighted by Gasteiger charge is 2.54. The smallest absolute Gasteiger partial charge is 0.401 e. The molecule has 1 aromatic heterocycles. The number of aryl methyl sites for hydroxylation is 1. The molecule has 58 heavy (non-hydrogen) atoms. The van der Waals surface area contributed by atoms with Gasteiger partial charge in [0, 0.05) is 66.8 Å². The van der Waals surface area contributed by atoms with E-state index in [1.54, 1.807) is 12.1 Å². The van der Waals surface area contributed by atoms with Gasteiger partial charge in [0.15, 0.2) is 11.5 Å². The molecule has 13 heteroatoms. The predicted molar refractivity (Wildman–Crippen MR) is 218 cm³/mol. The zero-order valence-corrected chi connectivity index (χ0v) is 34.3. The van der Waals surface area contributed by atoms with Crippen molar-refractivity contribution in [2.75, 3.05) is 64.4 Å². The van der Waals surface area contributed by atoms with Crippen LogP contribution in [0.1, 0.15) is 87.1 Å². The topological polar surface area (TPSA) is 96.4 Å². The molecule has 0 amide bonds. The number of ether oxygens (including phenoxy) is 3. The molecule has 1 saturated carbocycles. The molecule has 314 valence electrons. The molecule has 0 radical (unpaired) electrons. The molecule has 2 unspecified atom stereocenters. The standard InChI is InChI=1S/C45H56ClF3N4O5/c1-29(25-56-38-9-14-50-37-8-3-5-30(2)41(37)38)19-33-20-32-21-39-40(58-27-31(26-57-39)24-52-15-17-53(18-16-52)28-45(47,48)49)23-36(32)43(33)10-12-44(13-11-43,42(54)55)51-35-7-4-6-34(46)22-35/h4,6-7,9,14,21-23,29-31,33,51H,3,5,8,10-13,15-20,24-28H2,1-2H3,(H,54,55)/t29-,30-,31?,33?,43?,44?/m1/s1. The lowest BCUT2D eigenvalue weighted by molar-refractivity contribution is -0.149. The summed E-state index contributed by atoms with van der Waals surface area (Å²) in [4.78, 5) is 21.4. The minimum atomic E-state index is -4.19. The molecule has 8 rings (SSSR count). The number of nitrogens with one attached hydrogen (secondary N) is 1. The minimum Gasteiger partial charge on any atom is -0.493 e. The Morgan fingerprint density at radius 2 is 1.78 bits per heavy atom. The van der Waals surface area contributed by atoms with Crippen molar-refractivity contribution in [1.29, 1.82) is 0 Å². The minimum absolute atomic E-state index is 0.0661. The lowest BCUT2D eigenvalue weighted by atomic mass is 9.59. The molecule has 1 spiro atoms. The molecule has 3 heterocycles. The first kappa shape index (κ1) is 41.0. The number of alkyl halides is 3. The van der Waals surface area contributed by atoms with Crippen molar-refractivity contribution in [2.24, 2.45) is 17.8 Å². The summed E-state index contributed by atoms with van der Waals surface area (Å²) in [6, 6.07) is 13.6. The third-order valence-corrected chi connectivity index (χ3v) is 13.9. The molecule has 2 N–H and O–H groups in total. The van der Waals surface area contributed by atoms with Crippen LogP contribution in [0.5, 0.6) is 17.2 Å². The number of hydrogen-bond donors (Lipinski definition) is 2. The summed E-state index contributed by atoms with van der Waals surface area (Å²) in [5, 5.41) is 14.7. The molecule has 0 bridgehead atoms. The van der Waals surface area contributed by atoms with Crippen LogP contribution in [0.3, 0.4) is 0 Å². The van der Waals surface area contributed by atoms with Crippen molar-refractivity contribution >= 4 is 23.3 Å². The van der Waals surface area contributed by atoms with Gasteiger partial charge in [-0.05, 0) is 128 Å². The highest BCUT2D eigenvalue weighted by molar-refractivity contribution is 6.30. The molecule has 4 atom stereocenters. The summed E-state index contributed by atoms with van der Waals surface area (Å²) in [5.41, 5.74) is 4.16. The molecule has 5 aliphatic rings. The van der Waals surface area contributed by atoms with Crippen molar-refractivity contribution in [3.63, 3.8) is 0 Å². The van der Waals surface area contributed by atoms with Crippen molar-refractivity contribution in [3.8, 4) is 17.2 Å². The summed E-state index contributed by atoms with van der Waals surface area (Å²) in [6.07, 6.45) is 5.01. The van der Waals surface area contributed by atoms with Gasteiger partial charge in [0.05, 0.1) is 26.4 Å². The molecule has 2 aromatic carbocycles. The van der Waals surface area contributed by atoms with Crippen LogP contribution in [0.2, 0.25) is 5.02 Å². The van der Waals surface area contributed by atoms with Gasteiger partial charge in [0.1, 0.15) is 11.3 Å². The molecule has 3 aliphatic carbocycles. The van der Waals surface area contributed by atoms with E-state index in [-0.39, 0.29) is 23.2 Å². The number of nitrogens with zero attached hydrogens (tertiary/aromatic N) is 3. The first-order valence-corrected chi connectivity index (χ1v) is 21.5. The van der Waals surface area contributed by atoms with Crippen LogP contribution < -0.4 is 19.5 Å². The number of piperazine rings is 1. The second-order valence-electron chi connectivity index (χ2n) is 17.8. The number of aromatic nitrogens is 1. The average Bonchev–Trinajstić information content (AvgIpc) is 3.31. The van der Waals surface area contributed by atoms with Gasteiger partial charge in [0.2, 0.25) is 0 Å². The van der Waals surface area contributed by atoms with Gasteiger partial charge in [-0.15, -0.1) is 0 Å². The Kier molecular flexibility index (Phi) is 11.8. The maximum atomic E-state index is 13.1. The number of carbonyl (C=O) groups is 1. The van der Waals surface area contributed by atoms with E-state index in [0.29, 0.717) is 101 Å². The second-order valence-corrected chi connectivity index (χ2v) is 18.3. The van der Waals surface area contributed by atoms with Gasteiger partial charge in [-0.1, -0.05) is 31.5 Å². The summed E-state index contributed by atoms with van der Waals surface area (Å²) in [6.45, 7) is 7.77. The van der Waals surface area contributed by atoms with E-state index in [1.165, 1.54) is 21.6 Å². The predicted octanol–water partition coefficient (Wildman–Crippen LogP) is 8.77. The highest BCUT2D eigenvalue weighted by Crippen LogP contribution is 2.58. The summed E-state index contributed by atoms with van der Waals surface area (Å²) >= 11 is 6.31. The maximum Gasteiger partial charge on any atom is 0.401 e. The zero-order valence-electron chi connectivity index (χ0n) is 33.6. The number of halogens is 4. The number of hydrogen-bond acceptors (Lipinski definition) is 8. The van der Waals surface area contributed by atoms with Crippen LogP contribution in [0.25, 0.3) is 0 Å². The van der Waals surface area contributed by atoms with Crippen molar-refractivity contribution in [3.05, 3.63) is 76.1 Å². The normalized spacial score (nSPS) is 28.0. The second kappa shape index (κ2) is 16.7. The first-order chi connectivity index (χ1) is 27.8. The van der Waals surface area contributed by atoms with E-state index in [9.17, 15) is 23.1 Å². The van der Waals surface area contributed by atoms with Crippen molar-refractivity contribution in [2.45, 2.75) is 94.7 Å². The third-order valence-electron chi connectivity index (χ3n) is 13.7. The third kappa shape index (κ3) is 8.75. The number of benzene rings is 2. The number of fused-ring (bicyclic) bond motifs is 4. The molecule has 3 aromatic rings. The fourth-order valence-electron chi connectivity index (χ4n) is 10.7. The zero-order chi connectivity index (χ0) is 40.7. The average molecular weight is 825 g/mol. The maximum absolute atomic E-state index is 13.1. The Morgan fingerprint density at radius 3 is 2.48 bits per heavy atom. The summed E-state index contributed by atoms with van der Waals surface area (Å²) < 4.78 is 58.4. The van der Waals surface area contributed by atoms with Crippen LogP contribution in [-0.4, -0.2) is 96.7 Å². The van der Waals surface area contributed by atoms with Crippen LogP contribution >= 0.6 is 11.6 Å². The summed E-state index contributed by atoms with van der Waals surface area (Å²) in [5.74, 6) is 2.51. The van der Waals surface area contributed by atoms with Gasteiger partial charge < -0.3 is 29.5 Å². The fraction of sp³-hybridized carbons (Fsp3) is 0.600. The molecule has 1 saturated heterocycles.